The number of aryl methyl sites for hydroxylation is 1. The Hall–Kier alpha value is -0.890. The van der Waals surface area contributed by atoms with Gasteiger partial charge in [0.15, 0.2) is 0 Å². The summed E-state index contributed by atoms with van der Waals surface area (Å²) in [7, 11) is 2.05. The van der Waals surface area contributed by atoms with E-state index < -0.39 is 0 Å². The highest BCUT2D eigenvalue weighted by atomic mass is 14.9. The van der Waals surface area contributed by atoms with Gasteiger partial charge in [-0.2, -0.15) is 0 Å². The molecule has 2 heteroatoms. The van der Waals surface area contributed by atoms with Crippen LogP contribution in [0.15, 0.2) is 18.5 Å². The highest BCUT2D eigenvalue weighted by Crippen LogP contribution is 2.28. The molecule has 1 atom stereocenters. The lowest BCUT2D eigenvalue weighted by molar-refractivity contribution is 0.337. The highest BCUT2D eigenvalue weighted by Gasteiger charge is 2.17. The molecule has 0 aromatic carbocycles. The standard InChI is InChI=1S/C15H26N2/c1-6-12-11-17-10-8-13(12)14(16-5)7-9-15(2,3)4/h8,10-11,14,16H,6-7,9H2,1-5H3. The minimum absolute atomic E-state index is 0.397. The zero-order valence-electron chi connectivity index (χ0n) is 11.9. The maximum absolute atomic E-state index is 4.21. The van der Waals surface area contributed by atoms with Gasteiger partial charge in [-0.05, 0) is 48.9 Å². The van der Waals surface area contributed by atoms with E-state index in [1.54, 1.807) is 0 Å². The van der Waals surface area contributed by atoms with E-state index in [1.165, 1.54) is 24.0 Å². The Morgan fingerprint density at radius 3 is 2.59 bits per heavy atom. The van der Waals surface area contributed by atoms with Crippen LogP contribution in [0.2, 0.25) is 0 Å². The molecule has 17 heavy (non-hydrogen) atoms. The molecule has 2 nitrogen and oxygen atoms in total. The van der Waals surface area contributed by atoms with Crippen molar-refractivity contribution >= 4 is 0 Å². The molecule has 96 valence electrons. The Bertz CT molecular complexity index is 339. The summed E-state index contributed by atoms with van der Waals surface area (Å²) >= 11 is 0. The normalized spacial score (nSPS) is 13.7. The average molecular weight is 234 g/mol. The lowest BCUT2D eigenvalue weighted by Gasteiger charge is -2.24. The van der Waals surface area contributed by atoms with Gasteiger partial charge in [0, 0.05) is 18.4 Å². The van der Waals surface area contributed by atoms with Gasteiger partial charge >= 0.3 is 0 Å². The number of nitrogens with zero attached hydrogens (tertiary/aromatic N) is 1. The molecule has 1 aromatic rings. The number of hydrogen-bond donors (Lipinski definition) is 1. The van der Waals surface area contributed by atoms with Gasteiger partial charge in [-0.3, -0.25) is 4.98 Å². The van der Waals surface area contributed by atoms with E-state index in [-0.39, 0.29) is 0 Å². The topological polar surface area (TPSA) is 24.9 Å². The molecule has 0 fully saturated rings. The van der Waals surface area contributed by atoms with Crippen molar-refractivity contribution in [3.8, 4) is 0 Å². The smallest absolute Gasteiger partial charge is 0.0321 e. The fourth-order valence-electron chi connectivity index (χ4n) is 2.11. The summed E-state index contributed by atoms with van der Waals surface area (Å²) in [6, 6.07) is 2.61. The number of rotatable bonds is 5. The van der Waals surface area contributed by atoms with Crippen molar-refractivity contribution in [2.24, 2.45) is 5.41 Å². The van der Waals surface area contributed by atoms with Crippen LogP contribution in [-0.4, -0.2) is 12.0 Å². The molecule has 0 amide bonds. The van der Waals surface area contributed by atoms with Crippen LogP contribution < -0.4 is 5.32 Å². The van der Waals surface area contributed by atoms with Gasteiger partial charge in [0.25, 0.3) is 0 Å². The minimum Gasteiger partial charge on any atom is -0.313 e. The van der Waals surface area contributed by atoms with E-state index in [0.717, 1.165) is 6.42 Å². The summed E-state index contributed by atoms with van der Waals surface area (Å²) in [5, 5.41) is 3.44. The van der Waals surface area contributed by atoms with E-state index in [2.05, 4.69) is 44.1 Å². The summed E-state index contributed by atoms with van der Waals surface area (Å²) < 4.78 is 0. The Balaban J connectivity index is 2.79. The lowest BCUT2D eigenvalue weighted by Crippen LogP contribution is -2.20. The number of hydrogen-bond acceptors (Lipinski definition) is 2. The summed E-state index contributed by atoms with van der Waals surface area (Å²) in [6.07, 6.45) is 7.35. The largest absolute Gasteiger partial charge is 0.313 e. The first-order valence-electron chi connectivity index (χ1n) is 6.58. The average Bonchev–Trinajstić information content (AvgIpc) is 2.29. The third-order valence-electron chi connectivity index (χ3n) is 3.23. The monoisotopic (exact) mass is 234 g/mol. The summed E-state index contributed by atoms with van der Waals surface area (Å²) in [4.78, 5) is 4.21. The zero-order valence-corrected chi connectivity index (χ0v) is 11.9. The van der Waals surface area contributed by atoms with E-state index >= 15 is 0 Å². The van der Waals surface area contributed by atoms with Crippen LogP contribution in [0.5, 0.6) is 0 Å². The molecule has 0 saturated carbocycles. The maximum Gasteiger partial charge on any atom is 0.0321 e. The van der Waals surface area contributed by atoms with E-state index in [9.17, 15) is 0 Å². The molecule has 1 unspecified atom stereocenters. The molecule has 0 aliphatic carbocycles. The van der Waals surface area contributed by atoms with Crippen molar-refractivity contribution in [2.75, 3.05) is 7.05 Å². The molecule has 1 heterocycles. The molecule has 0 aliphatic heterocycles. The first-order chi connectivity index (χ1) is 7.98. The van der Waals surface area contributed by atoms with Gasteiger partial charge < -0.3 is 5.32 Å². The van der Waals surface area contributed by atoms with Gasteiger partial charge in [-0.1, -0.05) is 27.7 Å². The minimum atomic E-state index is 0.397. The quantitative estimate of drug-likeness (QED) is 0.839. The predicted octanol–water partition coefficient (Wildman–Crippen LogP) is 3.73. The van der Waals surface area contributed by atoms with Gasteiger partial charge in [-0.25, -0.2) is 0 Å². The third kappa shape index (κ3) is 4.47. The van der Waals surface area contributed by atoms with Crippen LogP contribution in [0.1, 0.15) is 57.7 Å². The van der Waals surface area contributed by atoms with Gasteiger partial charge in [0.2, 0.25) is 0 Å². The van der Waals surface area contributed by atoms with Crippen molar-refractivity contribution in [1.82, 2.24) is 10.3 Å². The molecule has 0 saturated heterocycles. The third-order valence-corrected chi connectivity index (χ3v) is 3.23. The van der Waals surface area contributed by atoms with Crippen LogP contribution in [0, 0.1) is 5.41 Å². The van der Waals surface area contributed by atoms with E-state index in [4.69, 9.17) is 0 Å². The molecular weight excluding hydrogens is 208 g/mol. The first-order valence-corrected chi connectivity index (χ1v) is 6.58. The van der Waals surface area contributed by atoms with Gasteiger partial charge in [-0.15, -0.1) is 0 Å². The zero-order chi connectivity index (χ0) is 12.9. The molecule has 0 spiro atoms. The van der Waals surface area contributed by atoms with Crippen LogP contribution in [0.3, 0.4) is 0 Å². The number of aromatic nitrogens is 1. The molecule has 1 N–H and O–H groups in total. The molecule has 0 radical (unpaired) electrons. The molecule has 1 rings (SSSR count). The van der Waals surface area contributed by atoms with Crippen LogP contribution in [0.25, 0.3) is 0 Å². The Labute approximate surface area is 106 Å². The Morgan fingerprint density at radius 2 is 2.06 bits per heavy atom. The van der Waals surface area contributed by atoms with Gasteiger partial charge in [0.1, 0.15) is 0 Å². The first kappa shape index (κ1) is 14.2. The number of nitrogens with one attached hydrogen (secondary N) is 1. The van der Waals surface area contributed by atoms with E-state index in [0.29, 0.717) is 11.5 Å². The van der Waals surface area contributed by atoms with Crippen LogP contribution in [0.4, 0.5) is 0 Å². The van der Waals surface area contributed by atoms with Crippen molar-refractivity contribution in [2.45, 2.75) is 53.0 Å². The van der Waals surface area contributed by atoms with Crippen molar-refractivity contribution in [1.29, 1.82) is 0 Å². The fourth-order valence-corrected chi connectivity index (χ4v) is 2.11. The SMILES string of the molecule is CCc1cnccc1C(CCC(C)(C)C)NC. The Morgan fingerprint density at radius 1 is 1.35 bits per heavy atom. The molecular formula is C15H26N2. The number of pyridine rings is 1. The van der Waals surface area contributed by atoms with Crippen LogP contribution in [-0.2, 0) is 6.42 Å². The maximum atomic E-state index is 4.21. The summed E-state index contributed by atoms with van der Waals surface area (Å²) in [5.41, 5.74) is 3.17. The fraction of sp³-hybridized carbons (Fsp3) is 0.667. The van der Waals surface area contributed by atoms with Crippen LogP contribution >= 0.6 is 0 Å². The highest BCUT2D eigenvalue weighted by molar-refractivity contribution is 5.26. The summed E-state index contributed by atoms with van der Waals surface area (Å²) in [6.45, 7) is 9.09. The lowest BCUT2D eigenvalue weighted by atomic mass is 9.86. The molecule has 0 bridgehead atoms. The predicted molar refractivity (Wildman–Crippen MR) is 74.1 cm³/mol. The van der Waals surface area contributed by atoms with Crippen molar-refractivity contribution < 1.29 is 0 Å². The van der Waals surface area contributed by atoms with Gasteiger partial charge in [0.05, 0.1) is 0 Å². The molecule has 0 aliphatic rings. The Kier molecular flexibility index (Phi) is 5.13. The van der Waals surface area contributed by atoms with Crippen molar-refractivity contribution in [3.05, 3.63) is 29.6 Å². The van der Waals surface area contributed by atoms with E-state index in [1.807, 2.05) is 19.4 Å². The van der Waals surface area contributed by atoms with Crippen molar-refractivity contribution in [3.63, 3.8) is 0 Å². The summed E-state index contributed by atoms with van der Waals surface area (Å²) in [5.74, 6) is 0. The second-order valence-electron chi connectivity index (χ2n) is 5.87. The molecule has 1 aromatic heterocycles. The second kappa shape index (κ2) is 6.15. The second-order valence-corrected chi connectivity index (χ2v) is 5.87.